The second kappa shape index (κ2) is 14.6. The minimum Gasteiger partial charge on any atom is -0.308 e. The summed E-state index contributed by atoms with van der Waals surface area (Å²) in [7, 11) is -4.08. The summed E-state index contributed by atoms with van der Waals surface area (Å²) in [5.41, 5.74) is 12.8. The van der Waals surface area contributed by atoms with Gasteiger partial charge in [-0.25, -0.2) is 8.42 Å². The highest BCUT2D eigenvalue weighted by Crippen LogP contribution is 2.49. The Morgan fingerprint density at radius 3 is 1.35 bits per heavy atom. The van der Waals surface area contributed by atoms with Crippen molar-refractivity contribution in [2.75, 3.05) is 0 Å². The molecule has 0 atom stereocenters. The number of aromatic nitrogens is 2. The number of thiophene rings is 1. The maximum Gasteiger partial charge on any atom is 0.208 e. The molecular weight excluding hydrogens is 873 g/mol. The SMILES string of the molecule is CC(C)(C)c1ccc2c(c1)c1cc(C(C)(C)C)ccc1n2-c1cc2sccc2c(-n2c3ccc(C(C)(C)C)cc3c3cc(C(C)(C)C)ccc32)c1-c1ccc2c(c1)S(=O)(=O)c1ccccc1C2=O. The Bertz CT molecular complexity index is 3780. The maximum absolute atomic E-state index is 14.8. The fourth-order valence-corrected chi connectivity index (χ4v) is 12.9. The number of rotatable bonds is 3. The highest BCUT2D eigenvalue weighted by Gasteiger charge is 2.36. The Balaban J connectivity index is 1.34. The molecule has 10 aromatic rings. The van der Waals surface area contributed by atoms with Crippen molar-refractivity contribution in [2.24, 2.45) is 0 Å². The Kier molecular flexibility index (Phi) is 9.51. The zero-order valence-corrected chi connectivity index (χ0v) is 42.8. The minimum atomic E-state index is -4.08. The van der Waals surface area contributed by atoms with E-state index in [4.69, 9.17) is 0 Å². The minimum absolute atomic E-state index is 0.0275. The van der Waals surface area contributed by atoms with Gasteiger partial charge in [0.2, 0.25) is 9.84 Å². The van der Waals surface area contributed by atoms with Crippen LogP contribution in [-0.2, 0) is 31.5 Å². The quantitative estimate of drug-likeness (QED) is 0.177. The summed E-state index contributed by atoms with van der Waals surface area (Å²) in [6, 6.07) is 44.2. The predicted molar refractivity (Wildman–Crippen MR) is 286 cm³/mol. The molecule has 7 aromatic carbocycles. The van der Waals surface area contributed by atoms with Crippen molar-refractivity contribution in [1.29, 1.82) is 0 Å². The van der Waals surface area contributed by atoms with Gasteiger partial charge in [-0.15, -0.1) is 11.3 Å². The first kappa shape index (κ1) is 44.2. The molecule has 0 N–H and O–H groups in total. The largest absolute Gasteiger partial charge is 0.308 e. The van der Waals surface area contributed by atoms with Crippen LogP contribution in [0, 0.1) is 0 Å². The topological polar surface area (TPSA) is 61.1 Å². The third-order valence-corrected chi connectivity index (χ3v) is 17.1. The molecule has 5 nitrogen and oxygen atoms in total. The van der Waals surface area contributed by atoms with Crippen molar-refractivity contribution in [3.8, 4) is 22.5 Å². The van der Waals surface area contributed by atoms with Gasteiger partial charge in [0.1, 0.15) is 0 Å². The summed E-state index contributed by atoms with van der Waals surface area (Å²) < 4.78 is 35.6. The van der Waals surface area contributed by atoms with Gasteiger partial charge >= 0.3 is 0 Å². The maximum atomic E-state index is 14.8. The summed E-state index contributed by atoms with van der Waals surface area (Å²) in [6.45, 7) is 27.1. The number of carbonyl (C=O) groups excluding carboxylic acids is 1. The molecule has 1 aliphatic heterocycles. The van der Waals surface area contributed by atoms with E-state index in [-0.39, 0.29) is 48.4 Å². The van der Waals surface area contributed by atoms with E-state index in [9.17, 15) is 13.2 Å². The molecule has 0 radical (unpaired) electrons. The van der Waals surface area contributed by atoms with Gasteiger partial charge in [0, 0.05) is 48.3 Å². The highest BCUT2D eigenvalue weighted by molar-refractivity contribution is 7.91. The fourth-order valence-electron chi connectivity index (χ4n) is 10.4. The van der Waals surface area contributed by atoms with Crippen molar-refractivity contribution in [2.45, 2.75) is 115 Å². The molecule has 0 unspecified atom stereocenters. The predicted octanol–water partition coefficient (Wildman–Crippen LogP) is 16.3. The fraction of sp³-hybridized carbons (Fsp3) is 0.262. The standard InChI is InChI=1S/C61H58N2O3S2/c1-58(2,3)36-18-23-47-43(30-36)44-31-37(59(4,5)6)19-24-48(44)62(47)51-34-52-40(27-28-67-52)56(55(51)35-17-22-42-54(29-35)68(65,66)53-16-14-13-15-41(53)57(42)64)63-49-25-20-38(60(7,8)9)32-45(49)46-33-39(61(10,11)12)21-26-50(46)63/h13-34H,1-12H3. The van der Waals surface area contributed by atoms with Crippen LogP contribution >= 0.6 is 11.3 Å². The van der Waals surface area contributed by atoms with E-state index in [1.807, 2.05) is 6.07 Å². The van der Waals surface area contributed by atoms with Gasteiger partial charge in [-0.1, -0.05) is 126 Å². The van der Waals surface area contributed by atoms with Gasteiger partial charge in [-0.3, -0.25) is 4.79 Å². The summed E-state index contributed by atoms with van der Waals surface area (Å²) in [6.07, 6.45) is 0. The normalized spacial score (nSPS) is 14.4. The lowest BCUT2D eigenvalue weighted by Gasteiger charge is -2.24. The smallest absolute Gasteiger partial charge is 0.208 e. The van der Waals surface area contributed by atoms with E-state index >= 15 is 0 Å². The molecule has 11 rings (SSSR count). The molecule has 0 saturated heterocycles. The third kappa shape index (κ3) is 6.67. The van der Waals surface area contributed by atoms with E-state index in [0.717, 1.165) is 70.6 Å². The lowest BCUT2D eigenvalue weighted by Crippen LogP contribution is -2.20. The third-order valence-electron chi connectivity index (χ3n) is 14.4. The van der Waals surface area contributed by atoms with Crippen LogP contribution in [0.4, 0.5) is 0 Å². The van der Waals surface area contributed by atoms with Gasteiger partial charge in [0.05, 0.1) is 43.2 Å². The van der Waals surface area contributed by atoms with Crippen LogP contribution < -0.4 is 0 Å². The lowest BCUT2D eigenvalue weighted by atomic mass is 9.85. The van der Waals surface area contributed by atoms with Crippen molar-refractivity contribution in [3.63, 3.8) is 0 Å². The first-order chi connectivity index (χ1) is 31.9. The zero-order chi connectivity index (χ0) is 48.2. The molecule has 68 heavy (non-hydrogen) atoms. The molecule has 342 valence electrons. The van der Waals surface area contributed by atoms with Gasteiger partial charge in [-0.05, 0) is 140 Å². The van der Waals surface area contributed by atoms with Crippen LogP contribution in [-0.4, -0.2) is 23.3 Å². The summed E-state index contributed by atoms with van der Waals surface area (Å²) in [5.74, 6) is -0.288. The van der Waals surface area contributed by atoms with Crippen molar-refractivity contribution in [3.05, 3.63) is 166 Å². The number of benzene rings is 7. The average Bonchev–Trinajstić information content (AvgIpc) is 3.98. The summed E-state index contributed by atoms with van der Waals surface area (Å²) in [4.78, 5) is 14.3. The lowest BCUT2D eigenvalue weighted by molar-refractivity contribution is 0.103. The number of fused-ring (bicyclic) bond motifs is 9. The number of carbonyl (C=O) groups is 1. The number of nitrogens with zero attached hydrogens (tertiary/aromatic N) is 2. The van der Waals surface area contributed by atoms with Crippen LogP contribution in [0.3, 0.4) is 0 Å². The zero-order valence-electron chi connectivity index (χ0n) is 41.1. The van der Waals surface area contributed by atoms with Gasteiger partial charge in [-0.2, -0.15) is 0 Å². The van der Waals surface area contributed by atoms with E-state index in [0.29, 0.717) is 5.56 Å². The molecule has 0 aliphatic carbocycles. The molecule has 7 heteroatoms. The number of hydrogen-bond donors (Lipinski definition) is 0. The molecule has 1 aliphatic rings. The highest BCUT2D eigenvalue weighted by atomic mass is 32.2. The number of sulfone groups is 1. The van der Waals surface area contributed by atoms with Gasteiger partial charge < -0.3 is 9.13 Å². The molecule has 0 spiro atoms. The first-order valence-electron chi connectivity index (χ1n) is 23.7. The van der Waals surface area contributed by atoms with Crippen LogP contribution in [0.25, 0.3) is 76.2 Å². The van der Waals surface area contributed by atoms with E-state index in [1.54, 1.807) is 47.7 Å². The molecule has 0 bridgehead atoms. The van der Waals surface area contributed by atoms with Crippen LogP contribution in [0.5, 0.6) is 0 Å². The van der Waals surface area contributed by atoms with E-state index < -0.39 is 9.84 Å². The van der Waals surface area contributed by atoms with E-state index in [1.165, 1.54) is 22.3 Å². The van der Waals surface area contributed by atoms with Crippen molar-refractivity contribution in [1.82, 2.24) is 9.13 Å². The first-order valence-corrected chi connectivity index (χ1v) is 26.1. The second-order valence-electron chi connectivity index (χ2n) is 23.1. The molecule has 3 aromatic heterocycles. The average molecular weight is 931 g/mol. The van der Waals surface area contributed by atoms with Gasteiger partial charge in [0.15, 0.2) is 5.78 Å². The van der Waals surface area contributed by atoms with Crippen molar-refractivity contribution >= 4 is 80.7 Å². The Morgan fingerprint density at radius 2 is 0.882 bits per heavy atom. The van der Waals surface area contributed by atoms with Crippen molar-refractivity contribution < 1.29 is 13.2 Å². The number of hydrogen-bond acceptors (Lipinski definition) is 4. The van der Waals surface area contributed by atoms with Crippen LogP contribution in [0.2, 0.25) is 0 Å². The van der Waals surface area contributed by atoms with Crippen LogP contribution in [0.15, 0.2) is 143 Å². The Hall–Kier alpha value is -6.28. The number of ketones is 1. The van der Waals surface area contributed by atoms with Crippen LogP contribution in [0.1, 0.15) is 121 Å². The Morgan fingerprint density at radius 1 is 0.441 bits per heavy atom. The molecular formula is C61H58N2O3S2. The molecule has 0 saturated carbocycles. The summed E-state index contributed by atoms with van der Waals surface area (Å²) in [5, 5.41) is 7.86. The molecule has 0 amide bonds. The molecule has 4 heterocycles. The van der Waals surface area contributed by atoms with E-state index in [2.05, 4.69) is 183 Å². The molecule has 0 fully saturated rings. The summed E-state index contributed by atoms with van der Waals surface area (Å²) >= 11 is 1.71. The Labute approximate surface area is 404 Å². The van der Waals surface area contributed by atoms with Gasteiger partial charge in [0.25, 0.3) is 0 Å². The second-order valence-corrected chi connectivity index (χ2v) is 25.9. The monoisotopic (exact) mass is 930 g/mol.